The number of rotatable bonds is 1. The number of hydrogen-bond acceptors (Lipinski definition) is 3. The molecule has 0 aliphatic carbocycles. The molecule has 1 unspecified atom stereocenters. The van der Waals surface area contributed by atoms with Crippen molar-refractivity contribution in [3.63, 3.8) is 0 Å². The van der Waals surface area contributed by atoms with Gasteiger partial charge in [0.05, 0.1) is 14.6 Å². The third-order valence-corrected chi connectivity index (χ3v) is 3.45. The Bertz CT molecular complexity index is 404. The third-order valence-electron chi connectivity index (χ3n) is 1.20. The lowest BCUT2D eigenvalue weighted by atomic mass is 10.5. The second-order valence-corrected chi connectivity index (χ2v) is 5.53. The van der Waals surface area contributed by atoms with Crippen molar-refractivity contribution >= 4 is 37.3 Å². The third kappa shape index (κ3) is 2.18. The second kappa shape index (κ2) is 3.32. The molecule has 0 aliphatic rings. The van der Waals surface area contributed by atoms with E-state index in [1.807, 2.05) is 0 Å². The average Bonchev–Trinajstić information content (AvgIpc) is 1.83. The van der Waals surface area contributed by atoms with Crippen molar-refractivity contribution < 1.29 is 4.21 Å². The molecule has 0 saturated carbocycles. The molecule has 12 heavy (non-hydrogen) atoms. The van der Waals surface area contributed by atoms with Crippen LogP contribution in [0.5, 0.6) is 0 Å². The Hall–Kier alpha value is -0.130. The van der Waals surface area contributed by atoms with E-state index in [2.05, 4.69) is 20.9 Å². The van der Waals surface area contributed by atoms with E-state index in [0.29, 0.717) is 14.7 Å². The van der Waals surface area contributed by atoms with E-state index in [9.17, 15) is 4.21 Å². The molecular weight excluding hydrogens is 264 g/mol. The van der Waals surface area contributed by atoms with Gasteiger partial charge in [-0.3, -0.25) is 0 Å². The first-order valence-corrected chi connectivity index (χ1v) is 6.11. The molecular formula is C6H6BrClN2OS. The lowest BCUT2D eigenvalue weighted by molar-refractivity contribution is 0.678. The maximum absolute atomic E-state index is 11.3. The molecule has 0 saturated heterocycles. The predicted molar refractivity (Wildman–Crippen MR) is 52.0 cm³/mol. The molecule has 1 aromatic rings. The topological polar surface area (TPSA) is 53.8 Å². The van der Waals surface area contributed by atoms with Crippen LogP contribution < -0.4 is 0 Å². The highest BCUT2D eigenvalue weighted by Crippen LogP contribution is 2.21. The molecule has 0 radical (unpaired) electrons. The van der Waals surface area contributed by atoms with E-state index in [1.165, 1.54) is 18.4 Å². The molecule has 0 aromatic carbocycles. The number of hydrogen-bond donors (Lipinski definition) is 1. The first-order valence-electron chi connectivity index (χ1n) is 2.97. The monoisotopic (exact) mass is 268 g/mol. The van der Waals surface area contributed by atoms with Gasteiger partial charge in [-0.2, -0.15) is 0 Å². The Morgan fingerprint density at radius 2 is 2.25 bits per heavy atom. The largest absolute Gasteiger partial charge is 0.249 e. The van der Waals surface area contributed by atoms with Crippen LogP contribution in [-0.4, -0.2) is 15.4 Å². The van der Waals surface area contributed by atoms with Crippen LogP contribution in [0.2, 0.25) is 5.15 Å². The number of halogens is 2. The normalized spacial score (nSPS) is 15.6. The van der Waals surface area contributed by atoms with Gasteiger partial charge in [-0.1, -0.05) is 11.6 Å². The Morgan fingerprint density at radius 1 is 1.67 bits per heavy atom. The summed E-state index contributed by atoms with van der Waals surface area (Å²) in [7, 11) is -2.72. The van der Waals surface area contributed by atoms with Crippen LogP contribution in [0.4, 0.5) is 0 Å². The SMILES string of the molecule is CS(=N)(=O)c1ccc(Cl)nc1Br. The molecule has 3 nitrogen and oxygen atoms in total. The fourth-order valence-corrected chi connectivity index (χ4v) is 2.88. The van der Waals surface area contributed by atoms with Crippen molar-refractivity contribution in [2.75, 3.05) is 6.26 Å². The van der Waals surface area contributed by atoms with Crippen molar-refractivity contribution in [3.8, 4) is 0 Å². The molecule has 0 spiro atoms. The first kappa shape index (κ1) is 9.95. The molecule has 1 aromatic heterocycles. The standard InChI is InChI=1S/C6H6BrClN2OS/c1-12(9,11)4-2-3-5(8)10-6(4)7/h2-3,9H,1H3. The summed E-state index contributed by atoms with van der Waals surface area (Å²) < 4.78 is 18.9. The van der Waals surface area contributed by atoms with E-state index >= 15 is 0 Å². The summed E-state index contributed by atoms with van der Waals surface area (Å²) >= 11 is 8.66. The van der Waals surface area contributed by atoms with Crippen LogP contribution in [0.1, 0.15) is 0 Å². The Labute approximate surface area is 84.3 Å². The molecule has 66 valence electrons. The van der Waals surface area contributed by atoms with Crippen molar-refractivity contribution in [3.05, 3.63) is 21.9 Å². The van der Waals surface area contributed by atoms with Crippen molar-refractivity contribution in [1.82, 2.24) is 4.98 Å². The van der Waals surface area contributed by atoms with Gasteiger partial charge in [-0.15, -0.1) is 0 Å². The van der Waals surface area contributed by atoms with E-state index in [-0.39, 0.29) is 0 Å². The number of nitrogens with zero attached hydrogens (tertiary/aromatic N) is 1. The quantitative estimate of drug-likeness (QED) is 0.797. The molecule has 0 aliphatic heterocycles. The predicted octanol–water partition coefficient (Wildman–Crippen LogP) is 2.53. The molecule has 1 N–H and O–H groups in total. The fraction of sp³-hybridized carbons (Fsp3) is 0.167. The smallest absolute Gasteiger partial charge is 0.130 e. The minimum absolute atomic E-state index is 0.314. The zero-order valence-corrected chi connectivity index (χ0v) is 9.33. The molecule has 1 atom stereocenters. The molecule has 6 heteroatoms. The Balaban J connectivity index is 3.39. The first-order chi connectivity index (χ1) is 5.41. The lowest BCUT2D eigenvalue weighted by Crippen LogP contribution is -1.97. The van der Waals surface area contributed by atoms with Crippen molar-refractivity contribution in [2.24, 2.45) is 0 Å². The van der Waals surface area contributed by atoms with Crippen molar-refractivity contribution in [1.29, 1.82) is 4.78 Å². The van der Waals surface area contributed by atoms with Crippen LogP contribution >= 0.6 is 27.5 Å². The summed E-state index contributed by atoms with van der Waals surface area (Å²) in [6, 6.07) is 3.05. The second-order valence-electron chi connectivity index (χ2n) is 2.27. The summed E-state index contributed by atoms with van der Waals surface area (Å²) in [6.45, 7) is 0. The fourth-order valence-electron chi connectivity index (χ4n) is 0.690. The average molecular weight is 270 g/mol. The minimum Gasteiger partial charge on any atom is -0.249 e. The van der Waals surface area contributed by atoms with E-state index < -0.39 is 9.73 Å². The van der Waals surface area contributed by atoms with E-state index in [1.54, 1.807) is 0 Å². The molecule has 1 rings (SSSR count). The van der Waals surface area contributed by atoms with Gasteiger partial charge >= 0.3 is 0 Å². The Kier molecular flexibility index (Phi) is 2.75. The zero-order valence-electron chi connectivity index (χ0n) is 6.17. The Morgan fingerprint density at radius 3 is 2.67 bits per heavy atom. The highest BCUT2D eigenvalue weighted by atomic mass is 79.9. The van der Waals surface area contributed by atoms with Gasteiger partial charge in [-0.05, 0) is 28.1 Å². The molecule has 0 amide bonds. The van der Waals surface area contributed by atoms with Crippen LogP contribution in [0.3, 0.4) is 0 Å². The maximum atomic E-state index is 11.3. The van der Waals surface area contributed by atoms with Gasteiger partial charge in [0.1, 0.15) is 9.76 Å². The van der Waals surface area contributed by atoms with Gasteiger partial charge < -0.3 is 0 Å². The van der Waals surface area contributed by atoms with E-state index in [0.717, 1.165) is 0 Å². The minimum atomic E-state index is -2.72. The zero-order chi connectivity index (χ0) is 9.35. The van der Waals surface area contributed by atoms with Crippen LogP contribution in [-0.2, 0) is 9.73 Å². The molecule has 0 fully saturated rings. The highest BCUT2D eigenvalue weighted by Gasteiger charge is 2.09. The lowest BCUT2D eigenvalue weighted by Gasteiger charge is -2.02. The van der Waals surface area contributed by atoms with Gasteiger partial charge in [0.2, 0.25) is 0 Å². The van der Waals surface area contributed by atoms with Gasteiger partial charge in [0.15, 0.2) is 0 Å². The van der Waals surface area contributed by atoms with Gasteiger partial charge in [0, 0.05) is 6.26 Å². The summed E-state index contributed by atoms with van der Waals surface area (Å²) in [5, 5.41) is 0.314. The van der Waals surface area contributed by atoms with Crippen LogP contribution in [0, 0.1) is 4.78 Å². The number of nitrogens with one attached hydrogen (secondary N) is 1. The molecule has 0 bridgehead atoms. The summed E-state index contributed by atoms with van der Waals surface area (Å²) in [5.41, 5.74) is 0. The maximum Gasteiger partial charge on any atom is 0.130 e. The van der Waals surface area contributed by atoms with Gasteiger partial charge in [-0.25, -0.2) is 14.0 Å². The highest BCUT2D eigenvalue weighted by molar-refractivity contribution is 9.10. The van der Waals surface area contributed by atoms with E-state index in [4.69, 9.17) is 16.4 Å². The van der Waals surface area contributed by atoms with Crippen molar-refractivity contribution in [2.45, 2.75) is 4.90 Å². The summed E-state index contributed by atoms with van der Waals surface area (Å²) in [5.74, 6) is 0. The molecule has 1 heterocycles. The van der Waals surface area contributed by atoms with Gasteiger partial charge in [0.25, 0.3) is 0 Å². The number of pyridine rings is 1. The van der Waals surface area contributed by atoms with Crippen LogP contribution in [0.15, 0.2) is 21.6 Å². The van der Waals surface area contributed by atoms with Crippen LogP contribution in [0.25, 0.3) is 0 Å². The number of aromatic nitrogens is 1. The summed E-state index contributed by atoms with van der Waals surface area (Å²) in [6.07, 6.45) is 1.34. The summed E-state index contributed by atoms with van der Waals surface area (Å²) in [4.78, 5) is 4.19.